The molecule has 0 radical (unpaired) electrons. The second kappa shape index (κ2) is 5.94. The molecule has 0 unspecified atom stereocenters. The first-order valence-corrected chi connectivity index (χ1v) is 9.76. The lowest BCUT2D eigenvalue weighted by molar-refractivity contribution is -0.135. The van der Waals surface area contributed by atoms with Crippen LogP contribution in [0.25, 0.3) is 0 Å². The SMILES string of the molecule is O=C(Nc1cc2c(nn1)CCC2)N1CC2(CCC2)[C@H]1C1CCOCC1. The fraction of sp³-hybridized carbons (Fsp3) is 0.737. The van der Waals surface area contributed by atoms with Crippen LogP contribution in [0.2, 0.25) is 0 Å². The topological polar surface area (TPSA) is 67.4 Å². The summed E-state index contributed by atoms with van der Waals surface area (Å²) in [6.07, 6.45) is 9.22. The van der Waals surface area contributed by atoms with E-state index in [2.05, 4.69) is 20.4 Å². The van der Waals surface area contributed by atoms with E-state index < -0.39 is 0 Å². The van der Waals surface area contributed by atoms with E-state index in [0.29, 0.717) is 23.2 Å². The minimum Gasteiger partial charge on any atom is -0.381 e. The Kier molecular flexibility index (Phi) is 3.69. The van der Waals surface area contributed by atoms with Gasteiger partial charge in [0.25, 0.3) is 0 Å². The molecular weight excluding hydrogens is 316 g/mol. The van der Waals surface area contributed by atoms with E-state index >= 15 is 0 Å². The fourth-order valence-corrected chi connectivity index (χ4v) is 5.39. The van der Waals surface area contributed by atoms with Crippen molar-refractivity contribution in [2.45, 2.75) is 57.4 Å². The quantitative estimate of drug-likeness (QED) is 0.897. The van der Waals surface area contributed by atoms with Crippen LogP contribution in [0.1, 0.15) is 49.8 Å². The smallest absolute Gasteiger partial charge is 0.323 e. The highest BCUT2D eigenvalue weighted by Gasteiger charge is 2.59. The van der Waals surface area contributed by atoms with Gasteiger partial charge in [-0.05, 0) is 62.5 Å². The third kappa shape index (κ3) is 2.53. The molecule has 2 aliphatic carbocycles. The summed E-state index contributed by atoms with van der Waals surface area (Å²) in [4.78, 5) is 15.0. The highest BCUT2D eigenvalue weighted by Crippen LogP contribution is 2.56. The average Bonchev–Trinajstić information content (AvgIpc) is 3.01. The minimum atomic E-state index is 0.00117. The molecular formula is C19H26N4O2. The van der Waals surface area contributed by atoms with Crippen LogP contribution < -0.4 is 5.32 Å². The fourth-order valence-electron chi connectivity index (χ4n) is 5.39. The number of nitrogens with zero attached hydrogens (tertiary/aromatic N) is 3. The van der Waals surface area contributed by atoms with Crippen LogP contribution in [-0.2, 0) is 17.6 Å². The summed E-state index contributed by atoms with van der Waals surface area (Å²) in [6, 6.07) is 2.39. The van der Waals surface area contributed by atoms with Crippen LogP contribution >= 0.6 is 0 Å². The molecule has 3 heterocycles. The van der Waals surface area contributed by atoms with Gasteiger partial charge in [-0.3, -0.25) is 5.32 Å². The normalized spacial score (nSPS) is 27.5. The molecule has 2 aliphatic heterocycles. The van der Waals surface area contributed by atoms with Gasteiger partial charge in [0.1, 0.15) is 0 Å². The molecule has 0 aromatic carbocycles. The van der Waals surface area contributed by atoms with Gasteiger partial charge >= 0.3 is 6.03 Å². The number of aryl methyl sites for hydroxylation is 2. The highest BCUT2D eigenvalue weighted by atomic mass is 16.5. The Morgan fingerprint density at radius 2 is 2.04 bits per heavy atom. The number of nitrogens with one attached hydrogen (secondary N) is 1. The maximum absolute atomic E-state index is 12.9. The molecule has 1 aromatic heterocycles. The van der Waals surface area contributed by atoms with Crippen LogP contribution in [0.15, 0.2) is 6.07 Å². The molecule has 6 heteroatoms. The minimum absolute atomic E-state index is 0.00117. The van der Waals surface area contributed by atoms with Gasteiger partial charge in [-0.15, -0.1) is 5.10 Å². The van der Waals surface area contributed by atoms with Gasteiger partial charge in [0.15, 0.2) is 5.82 Å². The number of hydrogen-bond acceptors (Lipinski definition) is 4. The standard InChI is InChI=1S/C19H26N4O2/c24-18(20-16-11-14-3-1-4-15(14)21-22-16)23-12-19(7-2-8-19)17(23)13-5-9-25-10-6-13/h11,13,17H,1-10,12H2,(H,20,22,24)/t17-/m1/s1. The summed E-state index contributed by atoms with van der Waals surface area (Å²) in [7, 11) is 0. The van der Waals surface area contributed by atoms with E-state index in [9.17, 15) is 4.79 Å². The van der Waals surface area contributed by atoms with Crippen molar-refractivity contribution < 1.29 is 9.53 Å². The predicted molar refractivity (Wildman–Crippen MR) is 93.4 cm³/mol. The van der Waals surface area contributed by atoms with Gasteiger partial charge in [-0.2, -0.15) is 5.10 Å². The summed E-state index contributed by atoms with van der Waals surface area (Å²) in [5.41, 5.74) is 2.73. The van der Waals surface area contributed by atoms with Gasteiger partial charge in [-0.25, -0.2) is 4.79 Å². The van der Waals surface area contributed by atoms with E-state index in [-0.39, 0.29) is 6.03 Å². The summed E-state index contributed by atoms with van der Waals surface area (Å²) >= 11 is 0. The number of anilines is 1. The maximum Gasteiger partial charge on any atom is 0.323 e. The number of fused-ring (bicyclic) bond motifs is 1. The number of carbonyl (C=O) groups excluding carboxylic acids is 1. The molecule has 1 atom stereocenters. The van der Waals surface area contributed by atoms with Crippen molar-refractivity contribution in [1.29, 1.82) is 0 Å². The first kappa shape index (κ1) is 15.6. The van der Waals surface area contributed by atoms with Crippen LogP contribution in [-0.4, -0.2) is 46.9 Å². The molecule has 4 aliphatic rings. The molecule has 1 spiro atoms. The summed E-state index contributed by atoms with van der Waals surface area (Å²) in [5, 5.41) is 11.5. The van der Waals surface area contributed by atoms with E-state index in [1.54, 1.807) is 0 Å². The zero-order valence-electron chi connectivity index (χ0n) is 14.7. The zero-order chi connectivity index (χ0) is 16.9. The first-order valence-electron chi connectivity index (χ1n) is 9.76. The first-order chi connectivity index (χ1) is 12.3. The van der Waals surface area contributed by atoms with Crippen molar-refractivity contribution in [3.63, 3.8) is 0 Å². The molecule has 5 rings (SSSR count). The van der Waals surface area contributed by atoms with Crippen LogP contribution in [0.4, 0.5) is 10.6 Å². The highest BCUT2D eigenvalue weighted by molar-refractivity contribution is 5.89. The van der Waals surface area contributed by atoms with Gasteiger partial charge in [0.2, 0.25) is 0 Å². The number of ether oxygens (including phenoxy) is 1. The Morgan fingerprint density at radius 1 is 1.20 bits per heavy atom. The second-order valence-electron chi connectivity index (χ2n) is 8.22. The molecule has 6 nitrogen and oxygen atoms in total. The Labute approximate surface area is 148 Å². The summed E-state index contributed by atoms with van der Waals surface area (Å²) in [5.74, 6) is 1.19. The van der Waals surface area contributed by atoms with Crippen molar-refractivity contribution in [2.75, 3.05) is 25.1 Å². The molecule has 1 aromatic rings. The number of aromatic nitrogens is 2. The number of carbonyl (C=O) groups is 1. The third-order valence-electron chi connectivity index (χ3n) is 6.83. The van der Waals surface area contributed by atoms with Crippen molar-refractivity contribution in [2.24, 2.45) is 11.3 Å². The Hall–Kier alpha value is -1.69. The number of rotatable bonds is 2. The molecule has 1 N–H and O–H groups in total. The van der Waals surface area contributed by atoms with Crippen molar-refractivity contribution >= 4 is 11.8 Å². The van der Waals surface area contributed by atoms with Crippen molar-refractivity contribution in [1.82, 2.24) is 15.1 Å². The van der Waals surface area contributed by atoms with E-state index in [0.717, 1.165) is 57.6 Å². The lowest BCUT2D eigenvalue weighted by Crippen LogP contribution is -2.72. The average molecular weight is 342 g/mol. The lowest BCUT2D eigenvalue weighted by Gasteiger charge is -2.64. The molecule has 2 saturated heterocycles. The van der Waals surface area contributed by atoms with Crippen LogP contribution in [0.3, 0.4) is 0 Å². The van der Waals surface area contributed by atoms with Gasteiger partial charge in [0, 0.05) is 31.2 Å². The summed E-state index contributed by atoms with van der Waals surface area (Å²) < 4.78 is 5.53. The Bertz CT molecular complexity index is 682. The Morgan fingerprint density at radius 3 is 2.80 bits per heavy atom. The van der Waals surface area contributed by atoms with Crippen LogP contribution in [0, 0.1) is 11.3 Å². The molecule has 2 amide bonds. The predicted octanol–water partition coefficient (Wildman–Crippen LogP) is 2.78. The number of amides is 2. The summed E-state index contributed by atoms with van der Waals surface area (Å²) in [6.45, 7) is 2.57. The van der Waals surface area contributed by atoms with Gasteiger partial charge < -0.3 is 9.64 Å². The second-order valence-corrected chi connectivity index (χ2v) is 8.22. The van der Waals surface area contributed by atoms with Crippen molar-refractivity contribution in [3.8, 4) is 0 Å². The third-order valence-corrected chi connectivity index (χ3v) is 6.83. The molecule has 0 bridgehead atoms. The van der Waals surface area contributed by atoms with Crippen molar-refractivity contribution in [3.05, 3.63) is 17.3 Å². The molecule has 134 valence electrons. The number of likely N-dealkylation sites (tertiary alicyclic amines) is 1. The van der Waals surface area contributed by atoms with Gasteiger partial charge in [0.05, 0.1) is 5.69 Å². The molecule has 3 fully saturated rings. The van der Waals surface area contributed by atoms with E-state index in [1.165, 1.54) is 24.8 Å². The molecule has 25 heavy (non-hydrogen) atoms. The Balaban J connectivity index is 1.31. The van der Waals surface area contributed by atoms with E-state index in [1.807, 2.05) is 6.07 Å². The monoisotopic (exact) mass is 342 g/mol. The maximum atomic E-state index is 12.9. The number of urea groups is 1. The zero-order valence-corrected chi connectivity index (χ0v) is 14.7. The lowest BCUT2D eigenvalue weighted by atomic mass is 9.54. The van der Waals surface area contributed by atoms with Gasteiger partial charge in [-0.1, -0.05) is 6.42 Å². The van der Waals surface area contributed by atoms with Crippen LogP contribution in [0.5, 0.6) is 0 Å². The van der Waals surface area contributed by atoms with E-state index in [4.69, 9.17) is 4.74 Å². The molecule has 1 saturated carbocycles. The largest absolute Gasteiger partial charge is 0.381 e. The number of hydrogen-bond donors (Lipinski definition) is 1.